The quantitative estimate of drug-likeness (QED) is 0.259. The number of carboxylic acid groups (broad SMARTS) is 1. The van der Waals surface area contributed by atoms with Gasteiger partial charge in [-0.3, -0.25) is 9.59 Å². The third-order valence-electron chi connectivity index (χ3n) is 5.45. The molecule has 2 N–H and O–H groups in total. The average Bonchev–Trinajstić information content (AvgIpc) is 2.86. The van der Waals surface area contributed by atoms with E-state index in [4.69, 9.17) is 15.1 Å². The summed E-state index contributed by atoms with van der Waals surface area (Å²) in [5, 5.41) is 11.6. The van der Waals surface area contributed by atoms with Gasteiger partial charge in [0.15, 0.2) is 0 Å². The van der Waals surface area contributed by atoms with Gasteiger partial charge in [-0.25, -0.2) is 9.97 Å². The Balaban J connectivity index is 1.56. The maximum atomic E-state index is 12.6. The van der Waals surface area contributed by atoms with E-state index in [1.54, 1.807) is 18.2 Å². The molecule has 37 heavy (non-hydrogen) atoms. The molecule has 0 saturated heterocycles. The monoisotopic (exact) mass is 509 g/mol. The van der Waals surface area contributed by atoms with Crippen LogP contribution in [0.15, 0.2) is 72.8 Å². The topological polar surface area (TPSA) is 101 Å². The summed E-state index contributed by atoms with van der Waals surface area (Å²) in [4.78, 5) is 33.0. The molecule has 1 heterocycles. The standard InChI is InChI=1S/C27H22F3N3O4/c28-27(29,30)37-20-13-10-18(11-14-20)26(36)31-19-12-15-21-23(16-19)32-22(8-4-5-9-24(34)35)25(33-21)17-6-2-1-3-7-17/h1-3,6-7,10-16H,4-5,8-9H2,(H,31,36)(H,34,35). The second-order valence-electron chi connectivity index (χ2n) is 8.22. The van der Waals surface area contributed by atoms with E-state index in [1.165, 1.54) is 12.1 Å². The number of rotatable bonds is 9. The van der Waals surface area contributed by atoms with Crippen molar-refractivity contribution in [3.63, 3.8) is 0 Å². The van der Waals surface area contributed by atoms with Crippen molar-refractivity contribution < 1.29 is 32.6 Å². The van der Waals surface area contributed by atoms with Gasteiger partial charge in [-0.1, -0.05) is 30.3 Å². The van der Waals surface area contributed by atoms with Crippen LogP contribution in [0.4, 0.5) is 18.9 Å². The number of aryl methyl sites for hydroxylation is 1. The molecule has 0 radical (unpaired) electrons. The smallest absolute Gasteiger partial charge is 0.481 e. The van der Waals surface area contributed by atoms with Gasteiger partial charge in [0.1, 0.15) is 5.75 Å². The fourth-order valence-electron chi connectivity index (χ4n) is 3.75. The second-order valence-corrected chi connectivity index (χ2v) is 8.22. The van der Waals surface area contributed by atoms with Crippen LogP contribution in [0.2, 0.25) is 0 Å². The van der Waals surface area contributed by atoms with Crippen LogP contribution >= 0.6 is 0 Å². The Morgan fingerprint density at radius 1 is 0.892 bits per heavy atom. The van der Waals surface area contributed by atoms with Crippen LogP contribution in [-0.2, 0) is 11.2 Å². The number of ether oxygens (including phenoxy) is 1. The number of hydrogen-bond donors (Lipinski definition) is 2. The van der Waals surface area contributed by atoms with E-state index in [-0.39, 0.29) is 12.0 Å². The summed E-state index contributed by atoms with van der Waals surface area (Å²) in [7, 11) is 0. The molecule has 10 heteroatoms. The lowest BCUT2D eigenvalue weighted by molar-refractivity contribution is -0.274. The number of benzene rings is 3. The van der Waals surface area contributed by atoms with Crippen molar-refractivity contribution in [3.05, 3.63) is 84.1 Å². The number of carboxylic acids is 1. The molecule has 190 valence electrons. The lowest BCUT2D eigenvalue weighted by atomic mass is 10.0. The summed E-state index contributed by atoms with van der Waals surface area (Å²) < 4.78 is 40.9. The Labute approximate surface area is 209 Å². The summed E-state index contributed by atoms with van der Waals surface area (Å²) in [6.45, 7) is 0. The fourth-order valence-corrected chi connectivity index (χ4v) is 3.75. The average molecular weight is 509 g/mol. The number of aromatic nitrogens is 2. The van der Waals surface area contributed by atoms with Gasteiger partial charge >= 0.3 is 12.3 Å². The van der Waals surface area contributed by atoms with E-state index in [9.17, 15) is 22.8 Å². The number of aliphatic carboxylic acids is 1. The number of nitrogens with zero attached hydrogens (tertiary/aromatic N) is 2. The Bertz CT molecular complexity index is 1410. The largest absolute Gasteiger partial charge is 0.573 e. The number of anilines is 1. The molecule has 1 amide bonds. The first kappa shape index (κ1) is 25.6. The van der Waals surface area contributed by atoms with Crippen LogP contribution < -0.4 is 10.1 Å². The Hall–Kier alpha value is -4.47. The van der Waals surface area contributed by atoms with Gasteiger partial charge in [-0.2, -0.15) is 0 Å². The molecule has 0 atom stereocenters. The van der Waals surface area contributed by atoms with Crippen LogP contribution in [0, 0.1) is 0 Å². The highest BCUT2D eigenvalue weighted by Gasteiger charge is 2.31. The molecular weight excluding hydrogens is 487 g/mol. The Kier molecular flexibility index (Phi) is 7.66. The van der Waals surface area contributed by atoms with Crippen LogP contribution in [-0.4, -0.2) is 33.3 Å². The van der Waals surface area contributed by atoms with Crippen molar-refractivity contribution in [2.75, 3.05) is 5.32 Å². The van der Waals surface area contributed by atoms with Crippen molar-refractivity contribution in [2.24, 2.45) is 0 Å². The van der Waals surface area contributed by atoms with Gasteiger partial charge in [0.05, 0.1) is 22.4 Å². The number of nitrogens with one attached hydrogen (secondary N) is 1. The second kappa shape index (κ2) is 11.1. The predicted molar refractivity (Wildman–Crippen MR) is 131 cm³/mol. The van der Waals surface area contributed by atoms with Gasteiger partial charge in [0, 0.05) is 23.2 Å². The predicted octanol–water partition coefficient (Wildman–Crippen LogP) is 6.25. The van der Waals surface area contributed by atoms with Crippen LogP contribution in [0.3, 0.4) is 0 Å². The molecule has 0 spiro atoms. The van der Waals surface area contributed by atoms with Gasteiger partial charge in [-0.05, 0) is 61.7 Å². The zero-order valence-corrected chi connectivity index (χ0v) is 19.5. The highest BCUT2D eigenvalue weighted by Crippen LogP contribution is 2.27. The summed E-state index contributed by atoms with van der Waals surface area (Å²) in [5.41, 5.74) is 4.06. The van der Waals surface area contributed by atoms with Crippen LogP contribution in [0.1, 0.15) is 35.3 Å². The minimum Gasteiger partial charge on any atom is -0.481 e. The molecule has 4 aromatic rings. The first-order valence-electron chi connectivity index (χ1n) is 11.4. The van der Waals surface area contributed by atoms with Crippen molar-refractivity contribution in [3.8, 4) is 17.0 Å². The summed E-state index contributed by atoms with van der Waals surface area (Å²) in [6.07, 6.45) is -3.08. The first-order valence-corrected chi connectivity index (χ1v) is 11.4. The molecule has 0 bridgehead atoms. The van der Waals surface area contributed by atoms with Crippen molar-refractivity contribution >= 4 is 28.6 Å². The lowest BCUT2D eigenvalue weighted by Gasteiger charge is -2.12. The molecule has 0 fully saturated rings. The molecule has 0 aliphatic carbocycles. The van der Waals surface area contributed by atoms with Gasteiger partial charge < -0.3 is 15.2 Å². The van der Waals surface area contributed by atoms with E-state index in [0.717, 1.165) is 17.7 Å². The highest BCUT2D eigenvalue weighted by molar-refractivity contribution is 6.05. The number of fused-ring (bicyclic) bond motifs is 1. The van der Waals surface area contributed by atoms with E-state index in [0.29, 0.717) is 47.4 Å². The molecule has 0 aliphatic heterocycles. The van der Waals surface area contributed by atoms with Crippen molar-refractivity contribution in [2.45, 2.75) is 32.0 Å². The lowest BCUT2D eigenvalue weighted by Crippen LogP contribution is -2.17. The molecule has 0 unspecified atom stereocenters. The third-order valence-corrected chi connectivity index (χ3v) is 5.45. The zero-order valence-electron chi connectivity index (χ0n) is 19.5. The first-order chi connectivity index (χ1) is 17.7. The van der Waals surface area contributed by atoms with E-state index in [1.807, 2.05) is 30.3 Å². The summed E-state index contributed by atoms with van der Waals surface area (Å²) in [6, 6.07) is 19.2. The number of alkyl halides is 3. The molecule has 7 nitrogen and oxygen atoms in total. The van der Waals surface area contributed by atoms with E-state index < -0.39 is 24.0 Å². The third kappa shape index (κ3) is 7.03. The Morgan fingerprint density at radius 2 is 1.62 bits per heavy atom. The molecule has 0 aliphatic rings. The van der Waals surface area contributed by atoms with Crippen LogP contribution in [0.5, 0.6) is 5.75 Å². The highest BCUT2D eigenvalue weighted by atomic mass is 19.4. The maximum Gasteiger partial charge on any atom is 0.573 e. The van der Waals surface area contributed by atoms with E-state index >= 15 is 0 Å². The van der Waals surface area contributed by atoms with Gasteiger partial charge in [0.2, 0.25) is 0 Å². The number of carbonyl (C=O) groups is 2. The molecular formula is C27H22F3N3O4. The zero-order chi connectivity index (χ0) is 26.4. The maximum absolute atomic E-state index is 12.6. The van der Waals surface area contributed by atoms with Crippen molar-refractivity contribution in [1.82, 2.24) is 9.97 Å². The number of carbonyl (C=O) groups excluding carboxylic acids is 1. The van der Waals surface area contributed by atoms with E-state index in [2.05, 4.69) is 10.1 Å². The number of hydrogen-bond acceptors (Lipinski definition) is 5. The molecule has 4 rings (SSSR count). The Morgan fingerprint density at radius 3 is 2.30 bits per heavy atom. The number of halogens is 3. The van der Waals surface area contributed by atoms with Gasteiger partial charge in [-0.15, -0.1) is 13.2 Å². The van der Waals surface area contributed by atoms with Crippen molar-refractivity contribution in [1.29, 1.82) is 0 Å². The number of unbranched alkanes of at least 4 members (excludes halogenated alkanes) is 1. The normalized spacial score (nSPS) is 11.3. The minimum absolute atomic E-state index is 0.0706. The summed E-state index contributed by atoms with van der Waals surface area (Å²) in [5.74, 6) is -1.79. The van der Waals surface area contributed by atoms with Gasteiger partial charge in [0.25, 0.3) is 5.91 Å². The van der Waals surface area contributed by atoms with Crippen LogP contribution in [0.25, 0.3) is 22.3 Å². The molecule has 0 saturated carbocycles. The number of amides is 1. The summed E-state index contributed by atoms with van der Waals surface area (Å²) >= 11 is 0. The fraction of sp³-hybridized carbons (Fsp3) is 0.185. The SMILES string of the molecule is O=C(O)CCCCc1nc2cc(NC(=O)c3ccc(OC(F)(F)F)cc3)ccc2nc1-c1ccccc1. The molecule has 3 aromatic carbocycles. The molecule has 1 aromatic heterocycles. The minimum atomic E-state index is -4.81.